The molecule has 2 amide bonds. The van der Waals surface area contributed by atoms with E-state index in [9.17, 15) is 9.59 Å². The van der Waals surface area contributed by atoms with Crippen LogP contribution in [0.15, 0.2) is 30.3 Å². The van der Waals surface area contributed by atoms with E-state index < -0.39 is 0 Å². The van der Waals surface area contributed by atoms with Crippen molar-refractivity contribution < 1.29 is 9.59 Å². The molecule has 124 valence electrons. The SMILES string of the molecule is CCn1c(C)nc2cc(C(=O)NNC(=O)c3ccc(C)s3)ccc21. The van der Waals surface area contributed by atoms with Crippen LogP contribution in [0.25, 0.3) is 11.0 Å². The maximum absolute atomic E-state index is 12.2. The average Bonchev–Trinajstić information content (AvgIpc) is 3.13. The number of rotatable bonds is 3. The Kier molecular flexibility index (Phi) is 4.35. The van der Waals surface area contributed by atoms with Crippen LogP contribution in [0.3, 0.4) is 0 Å². The van der Waals surface area contributed by atoms with Crippen molar-refractivity contribution in [3.05, 3.63) is 51.5 Å². The van der Waals surface area contributed by atoms with E-state index in [2.05, 4.69) is 27.3 Å². The van der Waals surface area contributed by atoms with Gasteiger partial charge in [-0.15, -0.1) is 11.3 Å². The molecule has 0 spiro atoms. The summed E-state index contributed by atoms with van der Waals surface area (Å²) in [6, 6.07) is 8.92. The molecule has 0 saturated carbocycles. The molecule has 0 bridgehead atoms. The minimum Gasteiger partial charge on any atom is -0.329 e. The van der Waals surface area contributed by atoms with Gasteiger partial charge in [0.15, 0.2) is 0 Å². The number of hydrogen-bond acceptors (Lipinski definition) is 4. The van der Waals surface area contributed by atoms with Gasteiger partial charge in [0.05, 0.1) is 15.9 Å². The Balaban J connectivity index is 1.73. The highest BCUT2D eigenvalue weighted by Crippen LogP contribution is 2.18. The second kappa shape index (κ2) is 6.45. The fourth-order valence-corrected chi connectivity index (χ4v) is 3.36. The van der Waals surface area contributed by atoms with Gasteiger partial charge in [-0.1, -0.05) is 0 Å². The lowest BCUT2D eigenvalue weighted by atomic mass is 10.2. The molecule has 3 aromatic rings. The number of amides is 2. The normalized spacial score (nSPS) is 10.8. The lowest BCUT2D eigenvalue weighted by Gasteiger charge is -2.07. The topological polar surface area (TPSA) is 76.0 Å². The lowest BCUT2D eigenvalue weighted by molar-refractivity contribution is 0.0849. The number of hydrazine groups is 1. The Morgan fingerprint density at radius 2 is 1.88 bits per heavy atom. The Bertz CT molecular complexity index is 926. The van der Waals surface area contributed by atoms with Crippen molar-refractivity contribution in [3.8, 4) is 0 Å². The van der Waals surface area contributed by atoms with E-state index in [-0.39, 0.29) is 11.8 Å². The number of hydrogen-bond donors (Lipinski definition) is 2. The number of carbonyl (C=O) groups excluding carboxylic acids is 2. The number of benzene rings is 1. The van der Waals surface area contributed by atoms with Crippen molar-refractivity contribution in [2.75, 3.05) is 0 Å². The maximum Gasteiger partial charge on any atom is 0.279 e. The van der Waals surface area contributed by atoms with Crippen molar-refractivity contribution in [1.82, 2.24) is 20.4 Å². The zero-order valence-corrected chi connectivity index (χ0v) is 14.5. The molecular formula is C17H18N4O2S. The molecule has 0 aliphatic carbocycles. The summed E-state index contributed by atoms with van der Waals surface area (Å²) in [5.74, 6) is 0.210. The molecule has 0 unspecified atom stereocenters. The van der Waals surface area contributed by atoms with Crippen LogP contribution in [-0.2, 0) is 6.54 Å². The summed E-state index contributed by atoms with van der Waals surface area (Å²) in [6.07, 6.45) is 0. The van der Waals surface area contributed by atoms with Crippen molar-refractivity contribution in [1.29, 1.82) is 0 Å². The molecular weight excluding hydrogens is 324 g/mol. The highest BCUT2D eigenvalue weighted by Gasteiger charge is 2.13. The van der Waals surface area contributed by atoms with Gasteiger partial charge in [-0.3, -0.25) is 20.4 Å². The third-order valence-corrected chi connectivity index (χ3v) is 4.77. The van der Waals surface area contributed by atoms with E-state index in [1.54, 1.807) is 18.2 Å². The molecule has 0 atom stereocenters. The van der Waals surface area contributed by atoms with E-state index in [0.717, 1.165) is 28.3 Å². The molecule has 0 radical (unpaired) electrons. The second-order valence-electron chi connectivity index (χ2n) is 5.43. The van der Waals surface area contributed by atoms with Gasteiger partial charge in [-0.05, 0) is 51.1 Å². The molecule has 0 saturated heterocycles. The van der Waals surface area contributed by atoms with E-state index in [1.807, 2.05) is 26.0 Å². The first-order chi connectivity index (χ1) is 11.5. The molecule has 1 aromatic carbocycles. The second-order valence-corrected chi connectivity index (χ2v) is 6.71. The predicted molar refractivity (Wildman–Crippen MR) is 94.1 cm³/mol. The van der Waals surface area contributed by atoms with Gasteiger partial charge in [0.1, 0.15) is 5.82 Å². The molecule has 0 aliphatic heterocycles. The quantitative estimate of drug-likeness (QED) is 0.719. The minimum atomic E-state index is -0.373. The molecule has 2 heterocycles. The first-order valence-corrected chi connectivity index (χ1v) is 8.45. The van der Waals surface area contributed by atoms with Crippen LogP contribution in [0.2, 0.25) is 0 Å². The van der Waals surface area contributed by atoms with E-state index >= 15 is 0 Å². The minimum absolute atomic E-state index is 0.325. The number of aromatic nitrogens is 2. The summed E-state index contributed by atoms with van der Waals surface area (Å²) in [5.41, 5.74) is 7.08. The monoisotopic (exact) mass is 342 g/mol. The van der Waals surface area contributed by atoms with Crippen LogP contribution < -0.4 is 10.9 Å². The lowest BCUT2D eigenvalue weighted by Crippen LogP contribution is -2.41. The number of nitrogens with one attached hydrogen (secondary N) is 2. The van der Waals surface area contributed by atoms with Crippen LogP contribution in [0.1, 0.15) is 37.7 Å². The van der Waals surface area contributed by atoms with Gasteiger partial charge >= 0.3 is 0 Å². The van der Waals surface area contributed by atoms with Gasteiger partial charge in [-0.2, -0.15) is 0 Å². The Morgan fingerprint density at radius 3 is 2.54 bits per heavy atom. The number of fused-ring (bicyclic) bond motifs is 1. The zero-order chi connectivity index (χ0) is 17.3. The smallest absolute Gasteiger partial charge is 0.279 e. The van der Waals surface area contributed by atoms with E-state index in [0.29, 0.717) is 10.4 Å². The Labute approximate surface area is 143 Å². The third kappa shape index (κ3) is 3.03. The van der Waals surface area contributed by atoms with Crippen LogP contribution in [-0.4, -0.2) is 21.4 Å². The molecule has 0 aliphatic rings. The molecule has 6 nitrogen and oxygen atoms in total. The Hall–Kier alpha value is -2.67. The van der Waals surface area contributed by atoms with Crippen molar-refractivity contribution >= 4 is 34.2 Å². The summed E-state index contributed by atoms with van der Waals surface area (Å²) in [6.45, 7) is 6.74. The molecule has 24 heavy (non-hydrogen) atoms. The largest absolute Gasteiger partial charge is 0.329 e. The van der Waals surface area contributed by atoms with Crippen molar-refractivity contribution in [3.63, 3.8) is 0 Å². The van der Waals surface area contributed by atoms with Gasteiger partial charge < -0.3 is 4.57 Å². The highest BCUT2D eigenvalue weighted by molar-refractivity contribution is 7.13. The summed E-state index contributed by atoms with van der Waals surface area (Å²) in [5, 5.41) is 0. The van der Waals surface area contributed by atoms with Gasteiger partial charge in [0.2, 0.25) is 0 Å². The molecule has 2 aromatic heterocycles. The van der Waals surface area contributed by atoms with Crippen molar-refractivity contribution in [2.45, 2.75) is 27.3 Å². The van der Waals surface area contributed by atoms with Gasteiger partial charge in [0.25, 0.3) is 11.8 Å². The fourth-order valence-electron chi connectivity index (χ4n) is 2.59. The van der Waals surface area contributed by atoms with Crippen LogP contribution in [0.5, 0.6) is 0 Å². The van der Waals surface area contributed by atoms with Gasteiger partial charge in [-0.25, -0.2) is 4.98 Å². The van der Waals surface area contributed by atoms with Crippen LogP contribution >= 0.6 is 11.3 Å². The maximum atomic E-state index is 12.2. The van der Waals surface area contributed by atoms with E-state index in [4.69, 9.17) is 0 Å². The number of carbonyl (C=O) groups is 2. The van der Waals surface area contributed by atoms with Crippen LogP contribution in [0.4, 0.5) is 0 Å². The first-order valence-electron chi connectivity index (χ1n) is 7.63. The fraction of sp³-hybridized carbons (Fsp3) is 0.235. The summed E-state index contributed by atoms with van der Waals surface area (Å²) in [4.78, 5) is 30.3. The molecule has 3 rings (SSSR count). The molecule has 2 N–H and O–H groups in total. The average molecular weight is 342 g/mol. The highest BCUT2D eigenvalue weighted by atomic mass is 32.1. The zero-order valence-electron chi connectivity index (χ0n) is 13.7. The van der Waals surface area contributed by atoms with Gasteiger partial charge in [0, 0.05) is 17.0 Å². The predicted octanol–water partition coefficient (Wildman–Crippen LogP) is 2.81. The van der Waals surface area contributed by atoms with Crippen LogP contribution in [0, 0.1) is 13.8 Å². The Morgan fingerprint density at radius 1 is 1.12 bits per heavy atom. The number of thiophene rings is 1. The van der Waals surface area contributed by atoms with Crippen molar-refractivity contribution in [2.24, 2.45) is 0 Å². The summed E-state index contributed by atoms with van der Waals surface area (Å²) in [7, 11) is 0. The number of nitrogens with zero attached hydrogens (tertiary/aromatic N) is 2. The first kappa shape index (κ1) is 16.2. The third-order valence-electron chi connectivity index (χ3n) is 3.77. The summed E-state index contributed by atoms with van der Waals surface area (Å²) < 4.78 is 2.08. The molecule has 0 fully saturated rings. The molecule has 7 heteroatoms. The van der Waals surface area contributed by atoms with E-state index in [1.165, 1.54) is 11.3 Å². The standard InChI is InChI=1S/C17H18N4O2S/c1-4-21-11(3)18-13-9-12(6-7-14(13)21)16(22)19-20-17(23)15-8-5-10(2)24-15/h5-9H,4H2,1-3H3,(H,19,22)(H,20,23). The number of aryl methyl sites for hydroxylation is 3. The summed E-state index contributed by atoms with van der Waals surface area (Å²) >= 11 is 1.38. The number of imidazole rings is 1.